The van der Waals surface area contributed by atoms with Crippen molar-refractivity contribution in [2.24, 2.45) is 11.7 Å². The summed E-state index contributed by atoms with van der Waals surface area (Å²) >= 11 is 0. The van der Waals surface area contributed by atoms with Crippen molar-refractivity contribution in [1.29, 1.82) is 0 Å². The predicted molar refractivity (Wildman–Crippen MR) is 82.2 cm³/mol. The van der Waals surface area contributed by atoms with Gasteiger partial charge in [-0.1, -0.05) is 43.5 Å². The zero-order valence-corrected chi connectivity index (χ0v) is 12.4. The Balaban J connectivity index is 2.02. The molecule has 2 heteroatoms. The van der Waals surface area contributed by atoms with E-state index in [2.05, 4.69) is 43.1 Å². The maximum absolute atomic E-state index is 6.04. The van der Waals surface area contributed by atoms with E-state index >= 15 is 0 Å². The van der Waals surface area contributed by atoms with Crippen molar-refractivity contribution in [1.82, 2.24) is 4.90 Å². The van der Waals surface area contributed by atoms with E-state index in [0.29, 0.717) is 12.6 Å². The minimum Gasteiger partial charge on any atom is -0.329 e. The molecular formula is C17H28N2. The van der Waals surface area contributed by atoms with E-state index in [4.69, 9.17) is 5.73 Å². The molecule has 0 aromatic heterocycles. The number of benzene rings is 1. The normalized spacial score (nSPS) is 18.7. The van der Waals surface area contributed by atoms with Crippen LogP contribution in [0.25, 0.3) is 0 Å². The topological polar surface area (TPSA) is 29.3 Å². The summed E-state index contributed by atoms with van der Waals surface area (Å²) in [7, 11) is 2.23. The highest BCUT2D eigenvalue weighted by Gasteiger charge is 2.21. The van der Waals surface area contributed by atoms with Crippen LogP contribution in [0.5, 0.6) is 0 Å². The van der Waals surface area contributed by atoms with E-state index in [1.165, 1.54) is 49.8 Å². The number of hydrogen-bond donors (Lipinski definition) is 1. The molecule has 106 valence electrons. The third-order valence-electron chi connectivity index (χ3n) is 4.57. The second-order valence-electron chi connectivity index (χ2n) is 6.05. The van der Waals surface area contributed by atoms with Gasteiger partial charge in [-0.2, -0.15) is 0 Å². The standard InChI is InChI=1S/C17H28N2/c1-14-8-6-7-11-16(14)17(12-18)19(2)13-15-9-4-3-5-10-15/h6-8,11,15,17H,3-5,9-10,12-13,18H2,1-2H3. The van der Waals surface area contributed by atoms with Gasteiger partial charge in [-0.25, -0.2) is 0 Å². The van der Waals surface area contributed by atoms with E-state index in [-0.39, 0.29) is 0 Å². The number of rotatable bonds is 5. The molecule has 1 aromatic carbocycles. The van der Waals surface area contributed by atoms with E-state index in [0.717, 1.165) is 5.92 Å². The molecule has 1 atom stereocenters. The van der Waals surface area contributed by atoms with Gasteiger partial charge in [0, 0.05) is 19.1 Å². The van der Waals surface area contributed by atoms with E-state index < -0.39 is 0 Å². The van der Waals surface area contributed by atoms with Crippen LogP contribution in [-0.2, 0) is 0 Å². The van der Waals surface area contributed by atoms with Gasteiger partial charge in [0.25, 0.3) is 0 Å². The molecule has 1 saturated carbocycles. The Hall–Kier alpha value is -0.860. The average molecular weight is 260 g/mol. The molecule has 1 aliphatic carbocycles. The molecule has 0 aliphatic heterocycles. The summed E-state index contributed by atoms with van der Waals surface area (Å²) in [6.07, 6.45) is 7.05. The smallest absolute Gasteiger partial charge is 0.0470 e. The zero-order valence-electron chi connectivity index (χ0n) is 12.4. The maximum atomic E-state index is 6.04. The van der Waals surface area contributed by atoms with Crippen molar-refractivity contribution in [2.75, 3.05) is 20.1 Å². The van der Waals surface area contributed by atoms with Crippen molar-refractivity contribution in [2.45, 2.75) is 45.1 Å². The van der Waals surface area contributed by atoms with Gasteiger partial charge in [0.1, 0.15) is 0 Å². The van der Waals surface area contributed by atoms with Gasteiger partial charge in [-0.15, -0.1) is 0 Å². The molecule has 0 bridgehead atoms. The second kappa shape index (κ2) is 7.06. The van der Waals surface area contributed by atoms with Gasteiger partial charge in [-0.05, 0) is 43.9 Å². The summed E-state index contributed by atoms with van der Waals surface area (Å²) in [4.78, 5) is 2.47. The first-order valence-corrected chi connectivity index (χ1v) is 7.68. The number of aryl methyl sites for hydroxylation is 1. The number of hydrogen-bond acceptors (Lipinski definition) is 2. The van der Waals surface area contributed by atoms with Crippen LogP contribution in [-0.4, -0.2) is 25.0 Å². The van der Waals surface area contributed by atoms with Gasteiger partial charge in [0.2, 0.25) is 0 Å². The Bertz CT molecular complexity index is 383. The summed E-state index contributed by atoms with van der Waals surface area (Å²) in [6.45, 7) is 4.08. The molecule has 1 fully saturated rings. The lowest BCUT2D eigenvalue weighted by Gasteiger charge is -2.33. The van der Waals surface area contributed by atoms with Crippen LogP contribution in [0, 0.1) is 12.8 Å². The molecular weight excluding hydrogens is 232 g/mol. The van der Waals surface area contributed by atoms with Gasteiger partial charge in [0.15, 0.2) is 0 Å². The molecule has 0 amide bonds. The summed E-state index contributed by atoms with van der Waals surface area (Å²) in [6, 6.07) is 9.01. The fraction of sp³-hybridized carbons (Fsp3) is 0.647. The van der Waals surface area contributed by atoms with Crippen molar-refractivity contribution in [3.05, 3.63) is 35.4 Å². The lowest BCUT2D eigenvalue weighted by atomic mass is 9.88. The fourth-order valence-electron chi connectivity index (χ4n) is 3.41. The quantitative estimate of drug-likeness (QED) is 0.878. The van der Waals surface area contributed by atoms with Gasteiger partial charge < -0.3 is 5.73 Å². The molecule has 2 nitrogen and oxygen atoms in total. The first-order chi connectivity index (χ1) is 9.22. The fourth-order valence-corrected chi connectivity index (χ4v) is 3.41. The predicted octanol–water partition coefficient (Wildman–Crippen LogP) is 3.51. The minimum absolute atomic E-state index is 0.364. The van der Waals surface area contributed by atoms with E-state index in [1.807, 2.05) is 0 Å². The van der Waals surface area contributed by atoms with Gasteiger partial charge in [-0.3, -0.25) is 4.90 Å². The Labute approximate surface area is 118 Å². The summed E-state index contributed by atoms with van der Waals surface area (Å²) in [5.41, 5.74) is 8.79. The van der Waals surface area contributed by atoms with Crippen molar-refractivity contribution in [3.8, 4) is 0 Å². The van der Waals surface area contributed by atoms with Crippen molar-refractivity contribution in [3.63, 3.8) is 0 Å². The highest BCUT2D eigenvalue weighted by molar-refractivity contribution is 5.29. The van der Waals surface area contributed by atoms with Crippen molar-refractivity contribution < 1.29 is 0 Å². The maximum Gasteiger partial charge on any atom is 0.0470 e. The van der Waals surface area contributed by atoms with Crippen LogP contribution in [0.1, 0.15) is 49.3 Å². The Morgan fingerprint density at radius 3 is 2.53 bits per heavy atom. The number of nitrogens with two attached hydrogens (primary N) is 1. The van der Waals surface area contributed by atoms with Crippen molar-refractivity contribution >= 4 is 0 Å². The molecule has 1 aromatic rings. The highest BCUT2D eigenvalue weighted by Crippen LogP contribution is 2.28. The average Bonchev–Trinajstić information content (AvgIpc) is 2.43. The van der Waals surface area contributed by atoms with Crippen LogP contribution < -0.4 is 5.73 Å². The number of likely N-dealkylation sites (N-methyl/N-ethyl adjacent to an activating group) is 1. The molecule has 2 N–H and O–H groups in total. The monoisotopic (exact) mass is 260 g/mol. The molecule has 1 unspecified atom stereocenters. The zero-order chi connectivity index (χ0) is 13.7. The Morgan fingerprint density at radius 2 is 1.89 bits per heavy atom. The van der Waals surface area contributed by atoms with E-state index in [9.17, 15) is 0 Å². The molecule has 0 saturated heterocycles. The Kier molecular flexibility index (Phi) is 5.41. The molecule has 2 rings (SSSR count). The summed E-state index contributed by atoms with van der Waals surface area (Å²) in [5, 5.41) is 0. The number of nitrogens with zero attached hydrogens (tertiary/aromatic N) is 1. The van der Waals surface area contributed by atoms with Crippen LogP contribution >= 0.6 is 0 Å². The third-order valence-corrected chi connectivity index (χ3v) is 4.57. The van der Waals surface area contributed by atoms with Crippen LogP contribution in [0.2, 0.25) is 0 Å². The largest absolute Gasteiger partial charge is 0.329 e. The van der Waals surface area contributed by atoms with Crippen LogP contribution in [0.15, 0.2) is 24.3 Å². The van der Waals surface area contributed by atoms with Crippen LogP contribution in [0.4, 0.5) is 0 Å². The molecule has 0 radical (unpaired) electrons. The SMILES string of the molecule is Cc1ccccc1C(CN)N(C)CC1CCCCC1. The second-order valence-corrected chi connectivity index (χ2v) is 6.05. The highest BCUT2D eigenvalue weighted by atomic mass is 15.1. The molecule has 1 aliphatic rings. The third kappa shape index (κ3) is 3.80. The van der Waals surface area contributed by atoms with E-state index in [1.54, 1.807) is 0 Å². The molecule has 0 spiro atoms. The minimum atomic E-state index is 0.364. The Morgan fingerprint density at radius 1 is 1.21 bits per heavy atom. The van der Waals surface area contributed by atoms with Crippen LogP contribution in [0.3, 0.4) is 0 Å². The first-order valence-electron chi connectivity index (χ1n) is 7.68. The van der Waals surface area contributed by atoms with Gasteiger partial charge >= 0.3 is 0 Å². The molecule has 0 heterocycles. The lowest BCUT2D eigenvalue weighted by molar-refractivity contribution is 0.185. The summed E-state index contributed by atoms with van der Waals surface area (Å²) < 4.78 is 0. The molecule has 19 heavy (non-hydrogen) atoms. The lowest BCUT2D eigenvalue weighted by Crippen LogP contribution is -2.35. The first kappa shape index (κ1) is 14.5. The summed E-state index contributed by atoms with van der Waals surface area (Å²) in [5.74, 6) is 0.872. The van der Waals surface area contributed by atoms with Gasteiger partial charge in [0.05, 0.1) is 0 Å².